The molecule has 0 aliphatic carbocycles. The van der Waals surface area contributed by atoms with Gasteiger partial charge in [-0.3, -0.25) is 4.79 Å². The van der Waals surface area contributed by atoms with Crippen LogP contribution in [0.25, 0.3) is 0 Å². The Morgan fingerprint density at radius 2 is 2.44 bits per heavy atom. The van der Waals surface area contributed by atoms with Gasteiger partial charge >= 0.3 is 0 Å². The van der Waals surface area contributed by atoms with Gasteiger partial charge in [0, 0.05) is 6.54 Å². The average molecular weight is 223 g/mol. The first-order chi connectivity index (χ1) is 7.74. The van der Waals surface area contributed by atoms with E-state index in [0.717, 1.165) is 25.8 Å². The zero-order valence-corrected chi connectivity index (χ0v) is 9.48. The summed E-state index contributed by atoms with van der Waals surface area (Å²) in [6.45, 7) is 2.56. The molecular formula is C12H17NO3. The Kier molecular flexibility index (Phi) is 3.29. The van der Waals surface area contributed by atoms with Crippen LogP contribution in [0, 0.1) is 6.92 Å². The highest BCUT2D eigenvalue weighted by molar-refractivity contribution is 5.95. The molecule has 1 aromatic heterocycles. The number of carbonyl (C=O) groups is 1. The number of hydrogen-bond donors (Lipinski definition) is 1. The minimum Gasteiger partial charge on any atom is -0.469 e. The second-order valence-corrected chi connectivity index (χ2v) is 4.22. The van der Waals surface area contributed by atoms with Gasteiger partial charge in [-0.25, -0.2) is 0 Å². The standard InChI is InChI=1S/C12H17NO3/c1-9-11(5-7-16-9)12(15)13-6-3-2-4-10(13)8-14/h5,7,10,14H,2-4,6,8H2,1H3. The number of likely N-dealkylation sites (tertiary alicyclic amines) is 1. The van der Waals surface area contributed by atoms with Crippen molar-refractivity contribution in [3.8, 4) is 0 Å². The fourth-order valence-corrected chi connectivity index (χ4v) is 2.22. The van der Waals surface area contributed by atoms with Crippen LogP contribution in [0.5, 0.6) is 0 Å². The molecule has 1 fully saturated rings. The Balaban J connectivity index is 2.17. The molecule has 1 aliphatic heterocycles. The summed E-state index contributed by atoms with van der Waals surface area (Å²) in [5.41, 5.74) is 0.611. The molecule has 88 valence electrons. The second kappa shape index (κ2) is 4.70. The molecule has 0 spiro atoms. The van der Waals surface area contributed by atoms with Crippen LogP contribution in [0.2, 0.25) is 0 Å². The number of nitrogens with zero attached hydrogens (tertiary/aromatic N) is 1. The van der Waals surface area contributed by atoms with Gasteiger partial charge < -0.3 is 14.4 Å². The van der Waals surface area contributed by atoms with Gasteiger partial charge in [-0.05, 0) is 32.3 Å². The Morgan fingerprint density at radius 3 is 3.06 bits per heavy atom. The van der Waals surface area contributed by atoms with E-state index in [4.69, 9.17) is 4.42 Å². The first-order valence-electron chi connectivity index (χ1n) is 5.70. The molecule has 4 nitrogen and oxygen atoms in total. The van der Waals surface area contributed by atoms with Crippen molar-refractivity contribution in [1.29, 1.82) is 0 Å². The van der Waals surface area contributed by atoms with Crippen LogP contribution >= 0.6 is 0 Å². The zero-order valence-electron chi connectivity index (χ0n) is 9.48. The summed E-state index contributed by atoms with van der Waals surface area (Å²) >= 11 is 0. The molecule has 1 N–H and O–H groups in total. The number of amides is 1. The topological polar surface area (TPSA) is 53.7 Å². The highest BCUT2D eigenvalue weighted by Gasteiger charge is 2.28. The molecule has 2 heterocycles. The third-order valence-electron chi connectivity index (χ3n) is 3.19. The van der Waals surface area contributed by atoms with Crippen molar-refractivity contribution in [3.63, 3.8) is 0 Å². The molecule has 2 rings (SSSR count). The van der Waals surface area contributed by atoms with Gasteiger partial charge in [-0.15, -0.1) is 0 Å². The minimum absolute atomic E-state index is 0.0231. The van der Waals surface area contributed by atoms with Gasteiger partial charge in [0.1, 0.15) is 5.76 Å². The third kappa shape index (κ3) is 1.97. The van der Waals surface area contributed by atoms with Crippen LogP contribution in [-0.2, 0) is 0 Å². The van der Waals surface area contributed by atoms with Crippen LogP contribution < -0.4 is 0 Å². The molecule has 1 aromatic rings. The summed E-state index contributed by atoms with van der Waals surface area (Å²) in [7, 11) is 0. The van der Waals surface area contributed by atoms with E-state index in [9.17, 15) is 9.90 Å². The number of hydrogen-bond acceptors (Lipinski definition) is 3. The number of aryl methyl sites for hydroxylation is 1. The summed E-state index contributed by atoms with van der Waals surface area (Å²) in [6.07, 6.45) is 4.51. The molecule has 0 bridgehead atoms. The molecule has 0 radical (unpaired) electrons. The third-order valence-corrected chi connectivity index (χ3v) is 3.19. The number of furan rings is 1. The van der Waals surface area contributed by atoms with Crippen molar-refractivity contribution in [2.75, 3.05) is 13.2 Å². The predicted molar refractivity (Wildman–Crippen MR) is 59.2 cm³/mol. The predicted octanol–water partition coefficient (Wildman–Crippen LogP) is 1.58. The number of piperidine rings is 1. The molecule has 16 heavy (non-hydrogen) atoms. The lowest BCUT2D eigenvalue weighted by atomic mass is 10.0. The van der Waals surface area contributed by atoms with Crippen LogP contribution in [0.15, 0.2) is 16.7 Å². The molecule has 1 aliphatic rings. The Bertz CT molecular complexity index is 372. The molecule has 0 aromatic carbocycles. The first kappa shape index (κ1) is 11.2. The van der Waals surface area contributed by atoms with E-state index >= 15 is 0 Å². The van der Waals surface area contributed by atoms with Crippen molar-refractivity contribution >= 4 is 5.91 Å². The summed E-state index contributed by atoms with van der Waals surface area (Å²) in [6, 6.07) is 1.66. The summed E-state index contributed by atoms with van der Waals surface area (Å²) in [5, 5.41) is 9.26. The van der Waals surface area contributed by atoms with E-state index in [1.54, 1.807) is 17.9 Å². The number of aliphatic hydroxyl groups excluding tert-OH is 1. The van der Waals surface area contributed by atoms with Crippen LogP contribution in [0.1, 0.15) is 35.4 Å². The maximum Gasteiger partial charge on any atom is 0.257 e. The summed E-state index contributed by atoms with van der Waals surface area (Å²) in [5.74, 6) is 0.622. The van der Waals surface area contributed by atoms with E-state index in [2.05, 4.69) is 0 Å². The lowest BCUT2D eigenvalue weighted by Gasteiger charge is -2.34. The van der Waals surface area contributed by atoms with Crippen LogP contribution in [-0.4, -0.2) is 35.1 Å². The fourth-order valence-electron chi connectivity index (χ4n) is 2.22. The Labute approximate surface area is 94.9 Å². The van der Waals surface area contributed by atoms with Gasteiger partial charge in [-0.1, -0.05) is 0 Å². The maximum atomic E-state index is 12.2. The average Bonchev–Trinajstić information content (AvgIpc) is 2.74. The van der Waals surface area contributed by atoms with Crippen molar-refractivity contribution in [3.05, 3.63) is 23.7 Å². The smallest absolute Gasteiger partial charge is 0.257 e. The molecule has 1 saturated heterocycles. The van der Waals surface area contributed by atoms with E-state index < -0.39 is 0 Å². The Morgan fingerprint density at radius 1 is 1.62 bits per heavy atom. The van der Waals surface area contributed by atoms with Crippen molar-refractivity contribution in [2.24, 2.45) is 0 Å². The zero-order chi connectivity index (χ0) is 11.5. The van der Waals surface area contributed by atoms with Crippen molar-refractivity contribution in [2.45, 2.75) is 32.2 Å². The first-order valence-corrected chi connectivity index (χ1v) is 5.70. The maximum absolute atomic E-state index is 12.2. The molecule has 4 heteroatoms. The Hall–Kier alpha value is -1.29. The highest BCUT2D eigenvalue weighted by Crippen LogP contribution is 2.21. The van der Waals surface area contributed by atoms with E-state index in [1.165, 1.54) is 6.26 Å². The summed E-state index contributed by atoms with van der Waals surface area (Å²) < 4.78 is 5.14. The normalized spacial score (nSPS) is 21.1. The number of aliphatic hydroxyl groups is 1. The highest BCUT2D eigenvalue weighted by atomic mass is 16.3. The molecular weight excluding hydrogens is 206 g/mol. The molecule has 1 unspecified atom stereocenters. The lowest BCUT2D eigenvalue weighted by Crippen LogP contribution is -2.45. The van der Waals surface area contributed by atoms with Crippen molar-refractivity contribution < 1.29 is 14.3 Å². The lowest BCUT2D eigenvalue weighted by molar-refractivity contribution is 0.0501. The van der Waals surface area contributed by atoms with E-state index in [0.29, 0.717) is 11.3 Å². The largest absolute Gasteiger partial charge is 0.469 e. The summed E-state index contributed by atoms with van der Waals surface area (Å²) in [4.78, 5) is 14.0. The molecule has 1 amide bonds. The second-order valence-electron chi connectivity index (χ2n) is 4.22. The van der Waals surface area contributed by atoms with Gasteiger partial charge in [0.15, 0.2) is 0 Å². The SMILES string of the molecule is Cc1occc1C(=O)N1CCCCC1CO. The van der Waals surface area contributed by atoms with Crippen LogP contribution in [0.3, 0.4) is 0 Å². The van der Waals surface area contributed by atoms with Gasteiger partial charge in [0.05, 0.1) is 24.5 Å². The quantitative estimate of drug-likeness (QED) is 0.828. The van der Waals surface area contributed by atoms with Gasteiger partial charge in [-0.2, -0.15) is 0 Å². The minimum atomic E-state index is -0.0319. The van der Waals surface area contributed by atoms with Crippen LogP contribution in [0.4, 0.5) is 0 Å². The molecule has 0 saturated carbocycles. The van der Waals surface area contributed by atoms with E-state index in [-0.39, 0.29) is 18.6 Å². The fraction of sp³-hybridized carbons (Fsp3) is 0.583. The van der Waals surface area contributed by atoms with Gasteiger partial charge in [0.25, 0.3) is 5.91 Å². The molecule has 1 atom stereocenters. The van der Waals surface area contributed by atoms with E-state index in [1.807, 2.05) is 0 Å². The van der Waals surface area contributed by atoms with Crippen molar-refractivity contribution in [1.82, 2.24) is 4.90 Å². The number of carbonyl (C=O) groups excluding carboxylic acids is 1. The monoisotopic (exact) mass is 223 g/mol. The number of rotatable bonds is 2. The van der Waals surface area contributed by atoms with Gasteiger partial charge in [0.2, 0.25) is 0 Å².